The molecule has 0 bridgehead atoms. The van der Waals surface area contributed by atoms with Crippen molar-refractivity contribution in [1.29, 1.82) is 0 Å². The van der Waals surface area contributed by atoms with E-state index in [1.165, 1.54) is 12.1 Å². The standard InChI is InChI=1S/C28H32F2N6O5/c1-15-4-11-20-22(24(31)37)26(34-35(20)13-15)41-17-7-5-16(6-8-17)32-25(38)23-19-10-9-18(40-14-28(2,3)39)12-21(19)36(33-23)27(29)30/h4,9-13,16-17,27,39H,5-8,14H2,1-3H3,(H2,31,37)(H,32,38). The first-order chi connectivity index (χ1) is 19.4. The minimum atomic E-state index is -2.97. The molecule has 0 aliphatic heterocycles. The summed E-state index contributed by atoms with van der Waals surface area (Å²) in [5.74, 6) is -0.751. The van der Waals surface area contributed by atoms with Gasteiger partial charge in [0.15, 0.2) is 5.69 Å². The van der Waals surface area contributed by atoms with Gasteiger partial charge in [0, 0.05) is 23.7 Å². The molecular formula is C28H32F2N6O5. The number of pyridine rings is 1. The van der Waals surface area contributed by atoms with Crippen molar-refractivity contribution in [2.24, 2.45) is 5.73 Å². The lowest BCUT2D eigenvalue weighted by Gasteiger charge is -2.28. The normalized spacial score (nSPS) is 17.7. The molecule has 4 aromatic rings. The third-order valence-corrected chi connectivity index (χ3v) is 6.95. The van der Waals surface area contributed by atoms with Crippen molar-refractivity contribution in [3.8, 4) is 11.6 Å². The van der Waals surface area contributed by atoms with Gasteiger partial charge in [0.1, 0.15) is 24.0 Å². The van der Waals surface area contributed by atoms with E-state index >= 15 is 0 Å². The molecule has 1 aliphatic rings. The quantitative estimate of drug-likeness (QED) is 0.278. The van der Waals surface area contributed by atoms with Crippen LogP contribution in [0.15, 0.2) is 36.5 Å². The summed E-state index contributed by atoms with van der Waals surface area (Å²) in [6, 6.07) is 7.84. The van der Waals surface area contributed by atoms with Crippen LogP contribution in [0.5, 0.6) is 11.6 Å². The second-order valence-electron chi connectivity index (χ2n) is 11.0. The highest BCUT2D eigenvalue weighted by Gasteiger charge is 2.29. The largest absolute Gasteiger partial charge is 0.491 e. The summed E-state index contributed by atoms with van der Waals surface area (Å²) in [5.41, 5.74) is 6.18. The van der Waals surface area contributed by atoms with Crippen LogP contribution in [0.1, 0.15) is 72.5 Å². The van der Waals surface area contributed by atoms with Gasteiger partial charge in [-0.3, -0.25) is 9.59 Å². The Morgan fingerprint density at radius 2 is 1.88 bits per heavy atom. The Morgan fingerprint density at radius 1 is 1.15 bits per heavy atom. The van der Waals surface area contributed by atoms with Crippen LogP contribution >= 0.6 is 0 Å². The summed E-state index contributed by atoms with van der Waals surface area (Å²) < 4.78 is 41.2. The number of aryl methyl sites for hydroxylation is 1. The maximum absolute atomic E-state index is 13.8. The van der Waals surface area contributed by atoms with Crippen LogP contribution in [0.4, 0.5) is 8.78 Å². The zero-order valence-corrected chi connectivity index (χ0v) is 22.9. The Hall–Kier alpha value is -4.26. The number of benzene rings is 1. The molecule has 11 nitrogen and oxygen atoms in total. The fraction of sp³-hybridized carbons (Fsp3) is 0.429. The Morgan fingerprint density at radius 3 is 2.54 bits per heavy atom. The molecule has 2 amide bonds. The predicted molar refractivity (Wildman–Crippen MR) is 145 cm³/mol. The molecule has 1 saturated carbocycles. The van der Waals surface area contributed by atoms with Crippen molar-refractivity contribution in [3.63, 3.8) is 0 Å². The molecular weight excluding hydrogens is 538 g/mol. The van der Waals surface area contributed by atoms with E-state index < -0.39 is 24.0 Å². The lowest BCUT2D eigenvalue weighted by atomic mass is 9.92. The van der Waals surface area contributed by atoms with E-state index in [0.717, 1.165) is 5.56 Å². The summed E-state index contributed by atoms with van der Waals surface area (Å²) in [4.78, 5) is 25.3. The summed E-state index contributed by atoms with van der Waals surface area (Å²) in [6.45, 7) is 2.03. The summed E-state index contributed by atoms with van der Waals surface area (Å²) in [7, 11) is 0. The SMILES string of the molecule is Cc1ccc2c(C(N)=O)c(OC3CCC(NC(=O)c4nn(C(F)F)c5cc(OCC(C)(C)O)ccc45)CC3)nn2c1. The number of hydrogen-bond acceptors (Lipinski definition) is 7. The van der Waals surface area contributed by atoms with E-state index in [0.29, 0.717) is 35.9 Å². The minimum absolute atomic E-state index is 0.0400. The second-order valence-corrected chi connectivity index (χ2v) is 11.0. The predicted octanol–water partition coefficient (Wildman–Crippen LogP) is 3.76. The topological polar surface area (TPSA) is 146 Å². The van der Waals surface area contributed by atoms with E-state index in [1.54, 1.807) is 36.7 Å². The molecule has 0 spiro atoms. The third kappa shape index (κ3) is 6.09. The molecule has 0 unspecified atom stereocenters. The molecule has 5 rings (SSSR count). The highest BCUT2D eigenvalue weighted by atomic mass is 19.3. The Balaban J connectivity index is 1.25. The highest BCUT2D eigenvalue weighted by molar-refractivity contribution is 6.05. The van der Waals surface area contributed by atoms with E-state index in [4.69, 9.17) is 15.2 Å². The number of ether oxygens (including phenoxy) is 2. The van der Waals surface area contributed by atoms with Crippen LogP contribution in [0, 0.1) is 6.92 Å². The number of rotatable bonds is 9. The Labute approximate surface area is 234 Å². The first-order valence-corrected chi connectivity index (χ1v) is 13.3. The molecule has 0 radical (unpaired) electrons. The maximum Gasteiger partial charge on any atom is 0.333 e. The van der Waals surface area contributed by atoms with Crippen LogP contribution < -0.4 is 20.5 Å². The number of carbonyl (C=O) groups excluding carboxylic acids is 2. The van der Waals surface area contributed by atoms with Crippen molar-refractivity contribution in [1.82, 2.24) is 24.7 Å². The molecule has 3 heterocycles. The number of fused-ring (bicyclic) bond motifs is 2. The lowest BCUT2D eigenvalue weighted by molar-refractivity contribution is 0.0284. The molecule has 13 heteroatoms. The Bertz CT molecular complexity index is 1600. The van der Waals surface area contributed by atoms with Gasteiger partial charge in [0.05, 0.1) is 16.6 Å². The molecule has 41 heavy (non-hydrogen) atoms. The smallest absolute Gasteiger partial charge is 0.333 e. The van der Waals surface area contributed by atoms with Crippen LogP contribution in [0.25, 0.3) is 16.4 Å². The van der Waals surface area contributed by atoms with Gasteiger partial charge in [-0.15, -0.1) is 5.10 Å². The van der Waals surface area contributed by atoms with E-state index in [-0.39, 0.29) is 52.5 Å². The molecule has 3 aromatic heterocycles. The third-order valence-electron chi connectivity index (χ3n) is 6.95. The van der Waals surface area contributed by atoms with Gasteiger partial charge >= 0.3 is 6.55 Å². The first-order valence-electron chi connectivity index (χ1n) is 13.3. The summed E-state index contributed by atoms with van der Waals surface area (Å²) in [5, 5.41) is 21.4. The number of nitrogens with one attached hydrogen (secondary N) is 1. The monoisotopic (exact) mass is 570 g/mol. The number of hydrogen-bond donors (Lipinski definition) is 3. The van der Waals surface area contributed by atoms with Gasteiger partial charge in [-0.25, -0.2) is 9.20 Å². The number of aromatic nitrogens is 4. The highest BCUT2D eigenvalue weighted by Crippen LogP contribution is 2.30. The van der Waals surface area contributed by atoms with Gasteiger partial charge in [-0.1, -0.05) is 6.07 Å². The average molecular weight is 571 g/mol. The molecule has 0 saturated heterocycles. The van der Waals surface area contributed by atoms with Gasteiger partial charge in [-0.2, -0.15) is 13.9 Å². The fourth-order valence-corrected chi connectivity index (χ4v) is 4.96. The van der Waals surface area contributed by atoms with Crippen molar-refractivity contribution in [3.05, 3.63) is 53.3 Å². The Kier molecular flexibility index (Phi) is 7.56. The fourth-order valence-electron chi connectivity index (χ4n) is 4.96. The summed E-state index contributed by atoms with van der Waals surface area (Å²) >= 11 is 0. The van der Waals surface area contributed by atoms with E-state index in [1.807, 2.05) is 13.0 Å². The first kappa shape index (κ1) is 28.3. The van der Waals surface area contributed by atoms with Crippen LogP contribution in [0.3, 0.4) is 0 Å². The number of nitrogens with zero attached hydrogens (tertiary/aromatic N) is 4. The molecule has 1 aromatic carbocycles. The number of carbonyl (C=O) groups is 2. The number of amides is 2. The average Bonchev–Trinajstić information content (AvgIpc) is 3.46. The zero-order valence-electron chi connectivity index (χ0n) is 22.9. The number of primary amides is 1. The van der Waals surface area contributed by atoms with Crippen molar-refractivity contribution in [2.45, 2.75) is 70.8 Å². The van der Waals surface area contributed by atoms with Gasteiger partial charge < -0.3 is 25.6 Å². The molecule has 0 atom stereocenters. The molecule has 218 valence electrons. The number of nitrogens with two attached hydrogens (primary N) is 1. The van der Waals surface area contributed by atoms with Crippen molar-refractivity contribution >= 4 is 28.2 Å². The maximum atomic E-state index is 13.8. The van der Waals surface area contributed by atoms with Crippen molar-refractivity contribution < 1.29 is 33.0 Å². The van der Waals surface area contributed by atoms with Crippen molar-refractivity contribution in [2.75, 3.05) is 6.61 Å². The number of halogens is 2. The van der Waals surface area contributed by atoms with E-state index in [9.17, 15) is 23.5 Å². The van der Waals surface area contributed by atoms with Crippen LogP contribution in [0.2, 0.25) is 0 Å². The van der Waals surface area contributed by atoms with Gasteiger partial charge in [0.2, 0.25) is 5.88 Å². The van der Waals surface area contributed by atoms with Gasteiger partial charge in [-0.05, 0) is 70.2 Å². The van der Waals surface area contributed by atoms with Crippen LogP contribution in [-0.2, 0) is 0 Å². The lowest BCUT2D eigenvalue weighted by Crippen LogP contribution is -2.40. The second kappa shape index (κ2) is 11.0. The van der Waals surface area contributed by atoms with Crippen LogP contribution in [-0.4, -0.2) is 60.7 Å². The van der Waals surface area contributed by atoms with Gasteiger partial charge in [0.25, 0.3) is 11.8 Å². The number of alkyl halides is 2. The number of aliphatic hydroxyl groups is 1. The van der Waals surface area contributed by atoms with E-state index in [2.05, 4.69) is 15.5 Å². The minimum Gasteiger partial charge on any atom is -0.491 e. The molecule has 4 N–H and O–H groups in total. The molecule has 1 fully saturated rings. The molecule has 1 aliphatic carbocycles. The zero-order chi connectivity index (χ0) is 29.5. The summed E-state index contributed by atoms with van der Waals surface area (Å²) in [6.07, 6.45) is 3.82.